The van der Waals surface area contributed by atoms with Gasteiger partial charge in [0.25, 0.3) is 0 Å². The van der Waals surface area contributed by atoms with E-state index in [9.17, 15) is 0 Å². The van der Waals surface area contributed by atoms with Crippen LogP contribution in [-0.4, -0.2) is 0 Å². The average molecular weight is 587 g/mol. The third-order valence-electron chi connectivity index (χ3n) is 7.50. The van der Waals surface area contributed by atoms with Crippen LogP contribution >= 0.6 is 0 Å². The minimum atomic E-state index is 0.491. The van der Waals surface area contributed by atoms with Gasteiger partial charge < -0.3 is 9.47 Å². The van der Waals surface area contributed by atoms with E-state index < -0.39 is 0 Å². The quantitative estimate of drug-likeness (QED) is 0.117. The molecule has 2 atom stereocenters. The topological polar surface area (TPSA) is 18.5 Å². The molecule has 0 amide bonds. The summed E-state index contributed by atoms with van der Waals surface area (Å²) < 4.78 is 12.3. The molecule has 0 saturated heterocycles. The first-order valence-corrected chi connectivity index (χ1v) is 16.3. The Morgan fingerprint density at radius 3 is 2.34 bits per heavy atom. The highest BCUT2D eigenvalue weighted by Gasteiger charge is 2.15. The Kier molecular flexibility index (Phi) is 14.9. The molecule has 230 valence electrons. The number of unbranched alkanes of at least 4 members (excludes halogenated alkanes) is 1. The zero-order chi connectivity index (χ0) is 31.6. The van der Waals surface area contributed by atoms with E-state index in [2.05, 4.69) is 125 Å². The number of hydrogen-bond acceptors (Lipinski definition) is 2. The van der Waals surface area contributed by atoms with Gasteiger partial charge in [-0.2, -0.15) is 0 Å². The molecule has 2 aromatic rings. The monoisotopic (exact) mass is 586 g/mol. The summed E-state index contributed by atoms with van der Waals surface area (Å²) in [6, 6.07) is 16.4. The smallest absolute Gasteiger partial charge is 0.127 e. The molecule has 1 aliphatic rings. The molecule has 1 aliphatic carbocycles. The van der Waals surface area contributed by atoms with E-state index in [1.165, 1.54) is 5.57 Å². The molecule has 0 saturated carbocycles. The van der Waals surface area contributed by atoms with Crippen molar-refractivity contribution in [2.75, 3.05) is 0 Å². The predicted molar refractivity (Wildman–Crippen MR) is 188 cm³/mol. The molecule has 0 aliphatic heterocycles. The Bertz CT molecular complexity index is 1460. The van der Waals surface area contributed by atoms with Gasteiger partial charge in [-0.3, -0.25) is 0 Å². The van der Waals surface area contributed by atoms with Crippen molar-refractivity contribution in [1.82, 2.24) is 0 Å². The largest absolute Gasteiger partial charge is 0.489 e. The van der Waals surface area contributed by atoms with E-state index in [4.69, 9.17) is 9.47 Å². The van der Waals surface area contributed by atoms with Crippen LogP contribution in [0.15, 0.2) is 120 Å². The maximum atomic E-state index is 6.16. The zero-order valence-corrected chi connectivity index (χ0v) is 27.7. The molecule has 0 radical (unpaired) electrons. The summed E-state index contributed by atoms with van der Waals surface area (Å²) in [6.07, 6.45) is 23.9. The maximum absolute atomic E-state index is 6.16. The van der Waals surface area contributed by atoms with Gasteiger partial charge in [0.05, 0.1) is 0 Å². The maximum Gasteiger partial charge on any atom is 0.127 e. The Labute approximate surface area is 267 Å². The van der Waals surface area contributed by atoms with Gasteiger partial charge in [0.1, 0.15) is 23.9 Å². The lowest BCUT2D eigenvalue weighted by molar-refractivity contribution is 0.306. The van der Waals surface area contributed by atoms with Crippen molar-refractivity contribution in [3.63, 3.8) is 0 Å². The molecular formula is C42H50O2. The highest BCUT2D eigenvalue weighted by atomic mass is 16.5. The van der Waals surface area contributed by atoms with Crippen LogP contribution in [0, 0.1) is 23.7 Å². The van der Waals surface area contributed by atoms with Crippen molar-refractivity contribution < 1.29 is 9.47 Å². The van der Waals surface area contributed by atoms with Crippen molar-refractivity contribution in [1.29, 1.82) is 0 Å². The highest BCUT2D eigenvalue weighted by molar-refractivity contribution is 5.83. The van der Waals surface area contributed by atoms with Crippen LogP contribution in [0.1, 0.15) is 91.2 Å². The number of allylic oxidation sites excluding steroid dienone is 10. The fraction of sp³-hybridized carbons (Fsp3) is 0.357. The van der Waals surface area contributed by atoms with E-state index in [-0.39, 0.29) is 0 Å². The highest BCUT2D eigenvalue weighted by Crippen LogP contribution is 2.29. The first-order valence-electron chi connectivity index (χ1n) is 16.3. The molecule has 2 heteroatoms. The number of ether oxygens (including phenoxy) is 2. The first-order chi connectivity index (χ1) is 21.5. The summed E-state index contributed by atoms with van der Waals surface area (Å²) in [5.74, 6) is 10.00. The molecular weight excluding hydrogens is 536 g/mol. The predicted octanol–water partition coefficient (Wildman–Crippen LogP) is 11.7. The van der Waals surface area contributed by atoms with E-state index in [1.807, 2.05) is 31.2 Å². The van der Waals surface area contributed by atoms with Crippen molar-refractivity contribution in [3.8, 4) is 23.3 Å². The normalized spacial score (nSPS) is 15.6. The van der Waals surface area contributed by atoms with E-state index >= 15 is 0 Å². The molecule has 3 rings (SSSR count). The van der Waals surface area contributed by atoms with Gasteiger partial charge in [0.2, 0.25) is 0 Å². The van der Waals surface area contributed by atoms with Crippen molar-refractivity contribution >= 4 is 5.57 Å². The van der Waals surface area contributed by atoms with Gasteiger partial charge in [-0.15, -0.1) is 11.7 Å². The number of rotatable bonds is 15. The second-order valence-corrected chi connectivity index (χ2v) is 11.2. The lowest BCUT2D eigenvalue weighted by Gasteiger charge is -2.21. The minimum absolute atomic E-state index is 0.491. The van der Waals surface area contributed by atoms with Crippen LogP contribution in [0.4, 0.5) is 0 Å². The second-order valence-electron chi connectivity index (χ2n) is 11.2. The van der Waals surface area contributed by atoms with E-state index in [0.717, 1.165) is 78.1 Å². The SMILES string of the molecule is CC#C/C(=C\CCC)C(=C=CCC)c1ccc(OCc2ccc(OC3=CCC(CC(C)C(/C=C\C)=C/CC)C=C3)cc2)cc1. The van der Waals surface area contributed by atoms with Gasteiger partial charge in [-0.05, 0) is 117 Å². The number of benzene rings is 2. The third-order valence-corrected chi connectivity index (χ3v) is 7.50. The van der Waals surface area contributed by atoms with Crippen LogP contribution in [0.3, 0.4) is 0 Å². The molecule has 2 unspecified atom stereocenters. The summed E-state index contributed by atoms with van der Waals surface area (Å²) in [5, 5.41) is 0. The van der Waals surface area contributed by atoms with Gasteiger partial charge in [0, 0.05) is 11.1 Å². The van der Waals surface area contributed by atoms with Crippen molar-refractivity contribution in [3.05, 3.63) is 131 Å². The summed E-state index contributed by atoms with van der Waals surface area (Å²) in [6.45, 7) is 13.3. The fourth-order valence-electron chi connectivity index (χ4n) is 5.18. The molecule has 0 aromatic heterocycles. The molecule has 0 spiro atoms. The lowest BCUT2D eigenvalue weighted by atomic mass is 9.86. The summed E-state index contributed by atoms with van der Waals surface area (Å²) in [4.78, 5) is 0. The molecule has 0 fully saturated rings. The molecule has 0 heterocycles. The summed E-state index contributed by atoms with van der Waals surface area (Å²) >= 11 is 0. The fourth-order valence-corrected chi connectivity index (χ4v) is 5.18. The molecule has 44 heavy (non-hydrogen) atoms. The number of hydrogen-bond donors (Lipinski definition) is 0. The van der Waals surface area contributed by atoms with Crippen LogP contribution in [0.25, 0.3) is 5.57 Å². The standard InChI is InChI=1S/C42H50O2/c1-7-12-17-37(16-11-5)42(18-13-8-2)38-23-29-39(30-24-38)43-32-35-21-27-41(28-22-35)44-40-25-19-34(20-26-40)31-33(6)36(14-9-3)15-10-4/h9,13-15,17,19,21-30,33-34H,7-8,10,12,20,31-32H2,1-6H3/b14-9-,36-15+,37-17+. The minimum Gasteiger partial charge on any atom is -0.489 e. The molecule has 2 aromatic carbocycles. The van der Waals surface area contributed by atoms with Crippen LogP contribution < -0.4 is 9.47 Å². The molecule has 0 bridgehead atoms. The summed E-state index contributed by atoms with van der Waals surface area (Å²) in [5.41, 5.74) is 9.15. The van der Waals surface area contributed by atoms with Crippen LogP contribution in [0.5, 0.6) is 11.5 Å². The van der Waals surface area contributed by atoms with Crippen molar-refractivity contribution in [2.24, 2.45) is 11.8 Å². The van der Waals surface area contributed by atoms with Gasteiger partial charge in [0.15, 0.2) is 0 Å². The zero-order valence-electron chi connectivity index (χ0n) is 27.7. The second kappa shape index (κ2) is 19.2. The Hall–Kier alpha value is -4.18. The van der Waals surface area contributed by atoms with Crippen molar-refractivity contribution in [2.45, 2.75) is 86.7 Å². The van der Waals surface area contributed by atoms with E-state index in [0.29, 0.717) is 18.4 Å². The van der Waals surface area contributed by atoms with Gasteiger partial charge in [-0.1, -0.05) is 94.7 Å². The Morgan fingerprint density at radius 2 is 1.73 bits per heavy atom. The Morgan fingerprint density at radius 1 is 0.977 bits per heavy atom. The van der Waals surface area contributed by atoms with Gasteiger partial charge in [-0.25, -0.2) is 0 Å². The average Bonchev–Trinajstić information content (AvgIpc) is 3.04. The summed E-state index contributed by atoms with van der Waals surface area (Å²) in [7, 11) is 0. The van der Waals surface area contributed by atoms with Gasteiger partial charge >= 0.3 is 0 Å². The van der Waals surface area contributed by atoms with Crippen LogP contribution in [0.2, 0.25) is 0 Å². The Balaban J connectivity index is 1.55. The molecule has 2 nitrogen and oxygen atoms in total. The third kappa shape index (κ3) is 11.1. The van der Waals surface area contributed by atoms with Crippen LogP contribution in [-0.2, 0) is 6.61 Å². The lowest BCUT2D eigenvalue weighted by Crippen LogP contribution is -2.09. The van der Waals surface area contributed by atoms with E-state index in [1.54, 1.807) is 0 Å². The first kappa shape index (κ1) is 34.3. The molecule has 0 N–H and O–H groups in total.